The molecule has 1 saturated heterocycles. The lowest BCUT2D eigenvalue weighted by molar-refractivity contribution is -0.151. The molecule has 27 heavy (non-hydrogen) atoms. The molecule has 1 aromatic carbocycles. The Morgan fingerprint density at radius 1 is 1.33 bits per heavy atom. The third kappa shape index (κ3) is 4.64. The summed E-state index contributed by atoms with van der Waals surface area (Å²) >= 11 is 7.06. The molecular formula is C18H16ClFN2O4S. The lowest BCUT2D eigenvalue weighted by atomic mass is 10.2. The van der Waals surface area contributed by atoms with Gasteiger partial charge in [-0.3, -0.25) is 9.59 Å². The molecule has 2 aromatic rings. The van der Waals surface area contributed by atoms with E-state index in [2.05, 4.69) is 5.32 Å². The van der Waals surface area contributed by atoms with Crippen LogP contribution >= 0.6 is 22.9 Å². The number of amides is 2. The molecule has 1 atom stereocenters. The molecule has 9 heteroatoms. The Morgan fingerprint density at radius 2 is 2.15 bits per heavy atom. The van der Waals surface area contributed by atoms with Crippen LogP contribution in [0.25, 0.3) is 0 Å². The summed E-state index contributed by atoms with van der Waals surface area (Å²) in [5.41, 5.74) is -0.0982. The number of likely N-dealkylation sites (tertiary alicyclic amines) is 1. The van der Waals surface area contributed by atoms with E-state index in [0.717, 1.165) is 6.07 Å². The van der Waals surface area contributed by atoms with Crippen molar-refractivity contribution in [2.75, 3.05) is 18.5 Å². The van der Waals surface area contributed by atoms with Crippen LogP contribution in [-0.2, 0) is 14.3 Å². The van der Waals surface area contributed by atoms with Gasteiger partial charge in [-0.2, -0.15) is 0 Å². The molecule has 1 N–H and O–H groups in total. The Bertz CT molecular complexity index is 859. The average molecular weight is 411 g/mol. The first kappa shape index (κ1) is 19.3. The Kier molecular flexibility index (Phi) is 6.08. The van der Waals surface area contributed by atoms with E-state index in [-0.39, 0.29) is 16.6 Å². The molecule has 2 amide bonds. The molecule has 1 fully saturated rings. The summed E-state index contributed by atoms with van der Waals surface area (Å²) in [5.74, 6) is -2.23. The zero-order valence-electron chi connectivity index (χ0n) is 14.1. The largest absolute Gasteiger partial charge is 0.454 e. The van der Waals surface area contributed by atoms with Crippen molar-refractivity contribution in [1.29, 1.82) is 0 Å². The summed E-state index contributed by atoms with van der Waals surface area (Å²) in [6, 6.07) is 6.47. The molecule has 1 aliphatic rings. The molecule has 1 aliphatic heterocycles. The number of hydrogen-bond donors (Lipinski definition) is 1. The first-order chi connectivity index (χ1) is 13.0. The fourth-order valence-electron chi connectivity index (χ4n) is 2.81. The third-order valence-corrected chi connectivity index (χ3v) is 5.16. The Labute approximate surface area is 163 Å². The normalized spacial score (nSPS) is 16.2. The van der Waals surface area contributed by atoms with Gasteiger partial charge in [0.2, 0.25) is 0 Å². The van der Waals surface area contributed by atoms with E-state index < -0.39 is 30.3 Å². The molecule has 0 bridgehead atoms. The van der Waals surface area contributed by atoms with Crippen molar-refractivity contribution in [2.24, 2.45) is 0 Å². The van der Waals surface area contributed by atoms with Gasteiger partial charge in [-0.25, -0.2) is 9.18 Å². The first-order valence-electron chi connectivity index (χ1n) is 8.21. The number of nitrogens with zero attached hydrogens (tertiary/aromatic N) is 1. The van der Waals surface area contributed by atoms with Gasteiger partial charge in [0.25, 0.3) is 11.8 Å². The maximum absolute atomic E-state index is 13.6. The summed E-state index contributed by atoms with van der Waals surface area (Å²) in [6.45, 7) is -0.126. The van der Waals surface area contributed by atoms with Crippen molar-refractivity contribution in [3.63, 3.8) is 0 Å². The minimum Gasteiger partial charge on any atom is -0.454 e. The lowest BCUT2D eigenvalue weighted by Crippen LogP contribution is -2.41. The van der Waals surface area contributed by atoms with E-state index in [1.807, 2.05) is 0 Å². The summed E-state index contributed by atoms with van der Waals surface area (Å²) in [6.07, 6.45) is 1.15. The van der Waals surface area contributed by atoms with Crippen molar-refractivity contribution < 1.29 is 23.5 Å². The summed E-state index contributed by atoms with van der Waals surface area (Å²) < 4.78 is 18.7. The van der Waals surface area contributed by atoms with E-state index in [1.54, 1.807) is 17.5 Å². The average Bonchev–Trinajstić information content (AvgIpc) is 3.34. The van der Waals surface area contributed by atoms with Gasteiger partial charge in [0.1, 0.15) is 11.9 Å². The second-order valence-electron chi connectivity index (χ2n) is 5.91. The van der Waals surface area contributed by atoms with Gasteiger partial charge in [-0.05, 0) is 42.5 Å². The summed E-state index contributed by atoms with van der Waals surface area (Å²) in [4.78, 5) is 38.7. The number of ether oxygens (including phenoxy) is 1. The molecular weight excluding hydrogens is 395 g/mol. The van der Waals surface area contributed by atoms with Crippen LogP contribution in [0.15, 0.2) is 35.7 Å². The van der Waals surface area contributed by atoms with Crippen molar-refractivity contribution in [1.82, 2.24) is 4.90 Å². The van der Waals surface area contributed by atoms with E-state index in [4.69, 9.17) is 16.3 Å². The number of hydrogen-bond acceptors (Lipinski definition) is 5. The second-order valence-corrected chi connectivity index (χ2v) is 7.30. The third-order valence-electron chi connectivity index (χ3n) is 4.07. The van der Waals surface area contributed by atoms with E-state index >= 15 is 0 Å². The van der Waals surface area contributed by atoms with Crippen LogP contribution in [0, 0.1) is 5.82 Å². The number of carbonyl (C=O) groups excluding carboxylic acids is 3. The number of halogens is 2. The van der Waals surface area contributed by atoms with E-state index in [0.29, 0.717) is 24.3 Å². The number of anilines is 1. The Hall–Kier alpha value is -2.45. The highest BCUT2D eigenvalue weighted by Gasteiger charge is 2.36. The first-order valence-corrected chi connectivity index (χ1v) is 9.47. The molecule has 6 nitrogen and oxygen atoms in total. The molecule has 0 aliphatic carbocycles. The second kappa shape index (κ2) is 8.49. The number of rotatable bonds is 5. The standard InChI is InChI=1S/C18H16ClFN2O4S/c19-11-5-6-12(20)13(9-11)21-16(23)10-26-18(25)14-3-1-7-22(14)17(24)15-4-2-8-27-15/h2,4-6,8-9,14H,1,3,7,10H2,(H,21,23)/t14-/m0/s1. The van der Waals surface area contributed by atoms with Gasteiger partial charge in [0, 0.05) is 11.6 Å². The van der Waals surface area contributed by atoms with Crippen LogP contribution in [-0.4, -0.2) is 41.9 Å². The lowest BCUT2D eigenvalue weighted by Gasteiger charge is -2.22. The van der Waals surface area contributed by atoms with Gasteiger partial charge in [0.05, 0.1) is 10.6 Å². The van der Waals surface area contributed by atoms with Gasteiger partial charge >= 0.3 is 5.97 Å². The zero-order valence-corrected chi connectivity index (χ0v) is 15.7. The summed E-state index contributed by atoms with van der Waals surface area (Å²) in [5, 5.41) is 4.35. The number of nitrogens with one attached hydrogen (secondary N) is 1. The van der Waals surface area contributed by atoms with Crippen LogP contribution in [0.2, 0.25) is 5.02 Å². The highest BCUT2D eigenvalue weighted by Crippen LogP contribution is 2.23. The smallest absolute Gasteiger partial charge is 0.329 e. The van der Waals surface area contributed by atoms with Crippen LogP contribution < -0.4 is 5.32 Å². The quantitative estimate of drug-likeness (QED) is 0.767. The van der Waals surface area contributed by atoms with Crippen molar-refractivity contribution in [2.45, 2.75) is 18.9 Å². The predicted octanol–water partition coefficient (Wildman–Crippen LogP) is 3.33. The number of thiophene rings is 1. The highest BCUT2D eigenvalue weighted by molar-refractivity contribution is 7.12. The molecule has 0 unspecified atom stereocenters. The maximum atomic E-state index is 13.6. The van der Waals surface area contributed by atoms with Crippen molar-refractivity contribution in [3.05, 3.63) is 51.4 Å². The number of benzene rings is 1. The molecule has 0 radical (unpaired) electrons. The topological polar surface area (TPSA) is 75.7 Å². The Morgan fingerprint density at radius 3 is 2.89 bits per heavy atom. The maximum Gasteiger partial charge on any atom is 0.329 e. The van der Waals surface area contributed by atoms with Gasteiger partial charge in [-0.15, -0.1) is 11.3 Å². The Balaban J connectivity index is 1.56. The van der Waals surface area contributed by atoms with Crippen LogP contribution in [0.4, 0.5) is 10.1 Å². The van der Waals surface area contributed by atoms with Crippen LogP contribution in [0.1, 0.15) is 22.5 Å². The molecule has 0 saturated carbocycles. The molecule has 2 heterocycles. The minimum absolute atomic E-state index is 0.0982. The van der Waals surface area contributed by atoms with E-state index in [1.165, 1.54) is 28.4 Å². The summed E-state index contributed by atoms with van der Waals surface area (Å²) in [7, 11) is 0. The molecule has 0 spiro atoms. The van der Waals surface area contributed by atoms with Gasteiger partial charge in [0.15, 0.2) is 6.61 Å². The van der Waals surface area contributed by atoms with Crippen molar-refractivity contribution in [3.8, 4) is 0 Å². The van der Waals surface area contributed by atoms with Gasteiger partial charge < -0.3 is 15.0 Å². The number of carbonyl (C=O) groups is 3. The molecule has 1 aromatic heterocycles. The van der Waals surface area contributed by atoms with Crippen LogP contribution in [0.3, 0.4) is 0 Å². The molecule has 3 rings (SSSR count). The minimum atomic E-state index is -0.727. The zero-order chi connectivity index (χ0) is 19.4. The SMILES string of the molecule is O=C(COC(=O)[C@@H]1CCCN1C(=O)c1cccs1)Nc1cc(Cl)ccc1F. The molecule has 142 valence electrons. The highest BCUT2D eigenvalue weighted by atomic mass is 35.5. The number of esters is 1. The predicted molar refractivity (Wildman–Crippen MR) is 99.4 cm³/mol. The van der Waals surface area contributed by atoms with Crippen molar-refractivity contribution >= 4 is 46.4 Å². The monoisotopic (exact) mass is 410 g/mol. The fourth-order valence-corrected chi connectivity index (χ4v) is 3.66. The fraction of sp³-hybridized carbons (Fsp3) is 0.278. The van der Waals surface area contributed by atoms with Gasteiger partial charge in [-0.1, -0.05) is 17.7 Å². The van der Waals surface area contributed by atoms with Crippen LogP contribution in [0.5, 0.6) is 0 Å². The van der Waals surface area contributed by atoms with E-state index in [9.17, 15) is 18.8 Å².